The molecule has 0 fully saturated rings. The molecule has 0 aliphatic heterocycles. The molecule has 0 bridgehead atoms. The lowest BCUT2D eigenvalue weighted by molar-refractivity contribution is 0.627. The first-order chi connectivity index (χ1) is 10.3. The van der Waals surface area contributed by atoms with Gasteiger partial charge in [-0.25, -0.2) is 9.37 Å². The zero-order valence-electron chi connectivity index (χ0n) is 11.4. The van der Waals surface area contributed by atoms with E-state index in [1.807, 2.05) is 4.90 Å². The molecule has 0 unspecified atom stereocenters. The number of aromatic nitrogens is 4. The fourth-order valence-corrected chi connectivity index (χ4v) is 2.16. The van der Waals surface area contributed by atoms with Gasteiger partial charge in [0.05, 0.1) is 0 Å². The average molecular weight is 286 g/mol. The van der Waals surface area contributed by atoms with Gasteiger partial charge >= 0.3 is 0 Å². The molecule has 2 heterocycles. The predicted octanol–water partition coefficient (Wildman–Crippen LogP) is 1.75. The van der Waals surface area contributed by atoms with E-state index >= 15 is 0 Å². The fourth-order valence-electron chi connectivity index (χ4n) is 2.16. The van der Waals surface area contributed by atoms with Crippen LogP contribution in [0.25, 0.3) is 5.65 Å². The first-order valence-electron chi connectivity index (χ1n) is 6.67. The summed E-state index contributed by atoms with van der Waals surface area (Å²) < 4.78 is 14.9. The standard InChI is InChI=1S/C14H15FN6/c15-11-2-4-12(5-3-11)21(8-1-6-16)13-14-19-18-10-20(14)9-7-17-13/h2-5,7,9-10H,1,6,8,16H2. The summed E-state index contributed by atoms with van der Waals surface area (Å²) in [6.07, 6.45) is 5.87. The van der Waals surface area contributed by atoms with Crippen molar-refractivity contribution in [2.24, 2.45) is 5.73 Å². The quantitative estimate of drug-likeness (QED) is 0.773. The highest BCUT2D eigenvalue weighted by Gasteiger charge is 2.15. The zero-order chi connectivity index (χ0) is 14.7. The van der Waals surface area contributed by atoms with Crippen molar-refractivity contribution < 1.29 is 4.39 Å². The number of rotatable bonds is 5. The molecule has 0 aliphatic carbocycles. The van der Waals surface area contributed by atoms with E-state index in [9.17, 15) is 4.39 Å². The molecular weight excluding hydrogens is 271 g/mol. The number of benzene rings is 1. The van der Waals surface area contributed by atoms with E-state index in [2.05, 4.69) is 15.2 Å². The maximum Gasteiger partial charge on any atom is 0.204 e. The Hall–Kier alpha value is -2.54. The van der Waals surface area contributed by atoms with Crippen LogP contribution < -0.4 is 10.6 Å². The fraction of sp³-hybridized carbons (Fsp3) is 0.214. The van der Waals surface area contributed by atoms with Crippen LogP contribution in [0.1, 0.15) is 6.42 Å². The highest BCUT2D eigenvalue weighted by molar-refractivity contribution is 5.71. The summed E-state index contributed by atoms with van der Waals surface area (Å²) in [5.74, 6) is 0.404. The van der Waals surface area contributed by atoms with E-state index in [1.165, 1.54) is 12.1 Å². The molecule has 0 atom stereocenters. The maximum atomic E-state index is 13.1. The van der Waals surface area contributed by atoms with Crippen LogP contribution in [0.3, 0.4) is 0 Å². The molecule has 0 saturated carbocycles. The van der Waals surface area contributed by atoms with Gasteiger partial charge in [-0.05, 0) is 37.2 Å². The topological polar surface area (TPSA) is 72.3 Å². The first kappa shape index (κ1) is 13.4. The summed E-state index contributed by atoms with van der Waals surface area (Å²) in [6, 6.07) is 6.28. The third kappa shape index (κ3) is 2.68. The van der Waals surface area contributed by atoms with Gasteiger partial charge in [0, 0.05) is 24.6 Å². The van der Waals surface area contributed by atoms with Crippen LogP contribution in [0.5, 0.6) is 0 Å². The van der Waals surface area contributed by atoms with Crippen LogP contribution in [-0.4, -0.2) is 32.7 Å². The van der Waals surface area contributed by atoms with E-state index in [0.717, 1.165) is 12.1 Å². The zero-order valence-corrected chi connectivity index (χ0v) is 11.4. The Kier molecular flexibility index (Phi) is 3.74. The highest BCUT2D eigenvalue weighted by atomic mass is 19.1. The van der Waals surface area contributed by atoms with Gasteiger partial charge in [0.15, 0.2) is 5.82 Å². The van der Waals surface area contributed by atoms with Crippen molar-refractivity contribution in [3.05, 3.63) is 48.8 Å². The lowest BCUT2D eigenvalue weighted by atomic mass is 10.2. The van der Waals surface area contributed by atoms with Crippen molar-refractivity contribution >= 4 is 17.2 Å². The molecule has 21 heavy (non-hydrogen) atoms. The molecule has 3 rings (SSSR count). The molecule has 7 heteroatoms. The molecule has 0 radical (unpaired) electrons. The van der Waals surface area contributed by atoms with Gasteiger partial charge in [0.25, 0.3) is 0 Å². The number of hydrogen-bond donors (Lipinski definition) is 1. The van der Waals surface area contributed by atoms with Crippen LogP contribution in [-0.2, 0) is 0 Å². The second-order valence-electron chi connectivity index (χ2n) is 4.58. The largest absolute Gasteiger partial charge is 0.330 e. The van der Waals surface area contributed by atoms with E-state index < -0.39 is 0 Å². The summed E-state index contributed by atoms with van der Waals surface area (Å²) >= 11 is 0. The molecule has 0 spiro atoms. The third-order valence-corrected chi connectivity index (χ3v) is 3.18. The summed E-state index contributed by atoms with van der Waals surface area (Å²) in [4.78, 5) is 6.37. The first-order valence-corrected chi connectivity index (χ1v) is 6.67. The van der Waals surface area contributed by atoms with Crippen molar-refractivity contribution in [1.82, 2.24) is 19.6 Å². The van der Waals surface area contributed by atoms with Crippen molar-refractivity contribution in [2.75, 3.05) is 18.0 Å². The maximum absolute atomic E-state index is 13.1. The van der Waals surface area contributed by atoms with Crippen molar-refractivity contribution in [2.45, 2.75) is 6.42 Å². The average Bonchev–Trinajstić information content (AvgIpc) is 2.98. The lowest BCUT2D eigenvalue weighted by Gasteiger charge is -2.23. The van der Waals surface area contributed by atoms with E-state index in [-0.39, 0.29) is 5.82 Å². The van der Waals surface area contributed by atoms with E-state index in [4.69, 9.17) is 5.73 Å². The molecule has 0 saturated heterocycles. The van der Waals surface area contributed by atoms with Gasteiger partial charge in [-0.3, -0.25) is 4.40 Å². The molecule has 2 aromatic heterocycles. The SMILES string of the molecule is NCCCN(c1ccc(F)cc1)c1nccn2cnnc12. The summed E-state index contributed by atoms with van der Waals surface area (Å²) in [5, 5.41) is 7.99. The Balaban J connectivity index is 2.06. The summed E-state index contributed by atoms with van der Waals surface area (Å²) in [6.45, 7) is 1.23. The Morgan fingerprint density at radius 1 is 1.24 bits per heavy atom. The number of nitrogens with zero attached hydrogens (tertiary/aromatic N) is 5. The van der Waals surface area contributed by atoms with Gasteiger partial charge in [0.1, 0.15) is 12.1 Å². The van der Waals surface area contributed by atoms with Crippen LogP contribution in [0.4, 0.5) is 15.9 Å². The Bertz CT molecular complexity index is 724. The van der Waals surface area contributed by atoms with Crippen molar-refractivity contribution in [3.63, 3.8) is 0 Å². The number of anilines is 2. The lowest BCUT2D eigenvalue weighted by Crippen LogP contribution is -2.22. The van der Waals surface area contributed by atoms with Gasteiger partial charge in [-0.15, -0.1) is 10.2 Å². The predicted molar refractivity (Wildman–Crippen MR) is 77.9 cm³/mol. The molecule has 0 aliphatic rings. The monoisotopic (exact) mass is 286 g/mol. The summed E-state index contributed by atoms with van der Waals surface area (Å²) in [5.41, 5.74) is 7.10. The van der Waals surface area contributed by atoms with Gasteiger partial charge in [-0.1, -0.05) is 0 Å². The number of halogens is 1. The second-order valence-corrected chi connectivity index (χ2v) is 4.58. The van der Waals surface area contributed by atoms with Crippen LogP contribution in [0.2, 0.25) is 0 Å². The van der Waals surface area contributed by atoms with Gasteiger partial charge in [-0.2, -0.15) is 0 Å². The molecule has 1 aromatic carbocycles. The van der Waals surface area contributed by atoms with Crippen molar-refractivity contribution in [1.29, 1.82) is 0 Å². The van der Waals surface area contributed by atoms with E-state index in [0.29, 0.717) is 24.6 Å². The number of hydrogen-bond acceptors (Lipinski definition) is 5. The smallest absolute Gasteiger partial charge is 0.204 e. The summed E-state index contributed by atoms with van der Waals surface area (Å²) in [7, 11) is 0. The molecule has 0 amide bonds. The van der Waals surface area contributed by atoms with Crippen LogP contribution in [0, 0.1) is 5.82 Å². The minimum atomic E-state index is -0.272. The molecule has 6 nitrogen and oxygen atoms in total. The Morgan fingerprint density at radius 3 is 2.81 bits per heavy atom. The van der Waals surface area contributed by atoms with Gasteiger partial charge in [0.2, 0.25) is 5.65 Å². The van der Waals surface area contributed by atoms with E-state index in [1.54, 1.807) is 35.3 Å². The Labute approximate surface area is 121 Å². The molecule has 2 N–H and O–H groups in total. The number of nitrogens with two attached hydrogens (primary N) is 1. The minimum absolute atomic E-state index is 0.272. The molecular formula is C14H15FN6. The molecule has 3 aromatic rings. The van der Waals surface area contributed by atoms with Crippen LogP contribution in [0.15, 0.2) is 43.0 Å². The third-order valence-electron chi connectivity index (χ3n) is 3.18. The second kappa shape index (κ2) is 5.84. The number of fused-ring (bicyclic) bond motifs is 1. The normalized spacial score (nSPS) is 11.0. The minimum Gasteiger partial charge on any atom is -0.330 e. The highest BCUT2D eigenvalue weighted by Crippen LogP contribution is 2.26. The Morgan fingerprint density at radius 2 is 2.05 bits per heavy atom. The van der Waals surface area contributed by atoms with Crippen LogP contribution >= 0.6 is 0 Å². The van der Waals surface area contributed by atoms with Crippen molar-refractivity contribution in [3.8, 4) is 0 Å². The molecule has 108 valence electrons. The van der Waals surface area contributed by atoms with Gasteiger partial charge < -0.3 is 10.6 Å².